The highest BCUT2D eigenvalue weighted by Crippen LogP contribution is 2.29. The first-order chi connectivity index (χ1) is 11.0. The summed E-state index contributed by atoms with van der Waals surface area (Å²) < 4.78 is 2.15. The number of carbonyl (C=O) groups excluding carboxylic acids is 1. The maximum Gasteiger partial charge on any atom is 0.230 e. The van der Waals surface area contributed by atoms with E-state index in [4.69, 9.17) is 4.98 Å². The Morgan fingerprint density at radius 3 is 2.87 bits per heavy atom. The van der Waals surface area contributed by atoms with Crippen molar-refractivity contribution in [3.63, 3.8) is 0 Å². The van der Waals surface area contributed by atoms with Crippen molar-refractivity contribution < 1.29 is 4.79 Å². The van der Waals surface area contributed by atoms with Gasteiger partial charge in [0, 0.05) is 11.5 Å². The fraction of sp³-hybridized carbons (Fsp3) is 0.278. The van der Waals surface area contributed by atoms with Crippen molar-refractivity contribution in [2.24, 2.45) is 0 Å². The van der Waals surface area contributed by atoms with Crippen LogP contribution in [0.15, 0.2) is 30.5 Å². The number of aryl methyl sites for hydroxylation is 1. The lowest BCUT2D eigenvalue weighted by Gasteiger charge is -2.12. The average molecular weight is 306 g/mol. The fourth-order valence-corrected chi connectivity index (χ4v) is 3.08. The molecule has 1 aliphatic rings. The van der Waals surface area contributed by atoms with E-state index in [-0.39, 0.29) is 11.8 Å². The fourth-order valence-electron chi connectivity index (χ4n) is 3.08. The van der Waals surface area contributed by atoms with Gasteiger partial charge in [-0.1, -0.05) is 19.9 Å². The summed E-state index contributed by atoms with van der Waals surface area (Å²) in [6.45, 7) is 6.34. The van der Waals surface area contributed by atoms with Crippen molar-refractivity contribution in [3.8, 4) is 5.69 Å². The number of fused-ring (bicyclic) bond motifs is 2. The first kappa shape index (κ1) is 13.9. The Bertz CT molecular complexity index is 940. The van der Waals surface area contributed by atoms with E-state index in [9.17, 15) is 4.79 Å². The summed E-state index contributed by atoms with van der Waals surface area (Å²) in [5.74, 6) is 1.96. The molecule has 23 heavy (non-hydrogen) atoms. The first-order valence-corrected chi connectivity index (χ1v) is 7.81. The molecule has 0 radical (unpaired) electrons. The van der Waals surface area contributed by atoms with Crippen LogP contribution in [0, 0.1) is 6.92 Å². The molecule has 4 rings (SSSR count). The summed E-state index contributed by atoms with van der Waals surface area (Å²) in [7, 11) is 0. The predicted octanol–water partition coefficient (Wildman–Crippen LogP) is 3.35. The third-order valence-corrected chi connectivity index (χ3v) is 4.17. The third kappa shape index (κ3) is 2.20. The van der Waals surface area contributed by atoms with Gasteiger partial charge in [-0.25, -0.2) is 9.97 Å². The van der Waals surface area contributed by atoms with Crippen LogP contribution in [0.4, 0.5) is 5.82 Å². The maximum atomic E-state index is 11.6. The van der Waals surface area contributed by atoms with Crippen LogP contribution in [-0.4, -0.2) is 20.4 Å². The van der Waals surface area contributed by atoms with Gasteiger partial charge in [0.25, 0.3) is 0 Å². The van der Waals surface area contributed by atoms with Crippen molar-refractivity contribution in [3.05, 3.63) is 47.4 Å². The van der Waals surface area contributed by atoms with Gasteiger partial charge in [-0.15, -0.1) is 0 Å². The van der Waals surface area contributed by atoms with Crippen molar-refractivity contribution in [1.29, 1.82) is 0 Å². The van der Waals surface area contributed by atoms with E-state index in [2.05, 4.69) is 53.8 Å². The molecule has 1 aliphatic heterocycles. The van der Waals surface area contributed by atoms with Crippen LogP contribution < -0.4 is 5.32 Å². The van der Waals surface area contributed by atoms with Crippen LogP contribution in [0.2, 0.25) is 0 Å². The Kier molecular flexibility index (Phi) is 2.98. The third-order valence-electron chi connectivity index (χ3n) is 4.17. The monoisotopic (exact) mass is 306 g/mol. The number of imidazole rings is 1. The van der Waals surface area contributed by atoms with Crippen molar-refractivity contribution >= 4 is 22.8 Å². The Balaban J connectivity index is 1.96. The molecule has 0 atom stereocenters. The summed E-state index contributed by atoms with van der Waals surface area (Å²) in [5, 5.41) is 2.78. The lowest BCUT2D eigenvalue weighted by atomic mass is 10.2. The lowest BCUT2D eigenvalue weighted by molar-refractivity contribution is -0.115. The normalized spacial score (nSPS) is 13.7. The lowest BCUT2D eigenvalue weighted by Crippen LogP contribution is -2.04. The second kappa shape index (κ2) is 4.91. The molecule has 5 nitrogen and oxygen atoms in total. The molecule has 0 aliphatic carbocycles. The zero-order chi connectivity index (χ0) is 16.1. The molecule has 1 N–H and O–H groups in total. The summed E-state index contributed by atoms with van der Waals surface area (Å²) in [5.41, 5.74) is 5.15. The van der Waals surface area contributed by atoms with Gasteiger partial charge in [-0.3, -0.25) is 9.36 Å². The van der Waals surface area contributed by atoms with Crippen molar-refractivity contribution in [1.82, 2.24) is 14.5 Å². The summed E-state index contributed by atoms with van der Waals surface area (Å²) in [4.78, 5) is 20.8. The van der Waals surface area contributed by atoms with Crippen LogP contribution in [0.1, 0.15) is 36.7 Å². The smallest absolute Gasteiger partial charge is 0.230 e. The van der Waals surface area contributed by atoms with Crippen LogP contribution in [-0.2, 0) is 11.2 Å². The molecule has 1 aromatic carbocycles. The average Bonchev–Trinajstić information content (AvgIpc) is 3.05. The minimum absolute atomic E-state index is 0.000142. The second-order valence-electron chi connectivity index (χ2n) is 6.38. The quantitative estimate of drug-likeness (QED) is 0.790. The van der Waals surface area contributed by atoms with Crippen molar-refractivity contribution in [2.75, 3.05) is 5.32 Å². The maximum absolute atomic E-state index is 11.6. The largest absolute Gasteiger partial charge is 0.310 e. The molecular formula is C18H18N4O. The molecule has 0 bridgehead atoms. The second-order valence-corrected chi connectivity index (χ2v) is 6.38. The van der Waals surface area contributed by atoms with Gasteiger partial charge < -0.3 is 5.32 Å². The summed E-state index contributed by atoms with van der Waals surface area (Å²) in [6, 6.07) is 8.33. The topological polar surface area (TPSA) is 59.8 Å². The number of aromatic nitrogens is 3. The molecule has 1 amide bonds. The molecule has 0 unspecified atom stereocenters. The Labute approximate surface area is 134 Å². The van der Waals surface area contributed by atoms with Gasteiger partial charge >= 0.3 is 0 Å². The number of rotatable bonds is 2. The number of hydrogen-bond donors (Lipinski definition) is 1. The molecule has 5 heteroatoms. The Morgan fingerprint density at radius 2 is 2.09 bits per heavy atom. The molecule has 0 saturated heterocycles. The number of amides is 1. The minimum Gasteiger partial charge on any atom is -0.310 e. The number of pyridine rings is 1. The number of carbonyl (C=O) groups is 1. The molecular weight excluding hydrogens is 288 g/mol. The molecule has 116 valence electrons. The van der Waals surface area contributed by atoms with E-state index in [1.807, 2.05) is 6.07 Å². The predicted molar refractivity (Wildman–Crippen MR) is 90.0 cm³/mol. The minimum atomic E-state index is -0.000142. The highest BCUT2D eigenvalue weighted by Gasteiger charge is 2.21. The standard InChI is InChI=1S/C18H18N4O/c1-10(2)18-20-14-6-11(3)4-5-15(14)22(18)13-7-12-8-16(23)21-17(12)19-9-13/h4-7,9-10H,8H2,1-3H3,(H,19,21,23). The van der Waals surface area contributed by atoms with Gasteiger partial charge in [0.15, 0.2) is 0 Å². The van der Waals surface area contributed by atoms with Gasteiger partial charge in [0.05, 0.1) is 29.3 Å². The van der Waals surface area contributed by atoms with Gasteiger partial charge in [-0.05, 0) is 30.7 Å². The van der Waals surface area contributed by atoms with Gasteiger partial charge in [0.1, 0.15) is 11.6 Å². The number of hydrogen-bond acceptors (Lipinski definition) is 3. The SMILES string of the molecule is Cc1ccc2c(c1)nc(C(C)C)n2-c1cnc2c(c1)CC(=O)N2. The van der Waals surface area contributed by atoms with Gasteiger partial charge in [0.2, 0.25) is 5.91 Å². The number of nitrogens with one attached hydrogen (secondary N) is 1. The van der Waals surface area contributed by atoms with E-state index in [1.54, 1.807) is 6.20 Å². The summed E-state index contributed by atoms with van der Waals surface area (Å²) in [6.07, 6.45) is 2.19. The van der Waals surface area contributed by atoms with E-state index in [0.29, 0.717) is 12.2 Å². The van der Waals surface area contributed by atoms with Crippen LogP contribution >= 0.6 is 0 Å². The van der Waals surface area contributed by atoms with E-state index < -0.39 is 0 Å². The Morgan fingerprint density at radius 1 is 1.26 bits per heavy atom. The van der Waals surface area contributed by atoms with Crippen LogP contribution in [0.5, 0.6) is 0 Å². The molecule has 3 aromatic rings. The molecule has 3 heterocycles. The van der Waals surface area contributed by atoms with Gasteiger partial charge in [-0.2, -0.15) is 0 Å². The zero-order valence-corrected chi connectivity index (χ0v) is 13.4. The number of anilines is 1. The van der Waals surface area contributed by atoms with E-state index >= 15 is 0 Å². The van der Waals surface area contributed by atoms with E-state index in [1.165, 1.54) is 5.56 Å². The first-order valence-electron chi connectivity index (χ1n) is 7.81. The highest BCUT2D eigenvalue weighted by molar-refractivity contribution is 5.98. The van der Waals surface area contributed by atoms with Crippen molar-refractivity contribution in [2.45, 2.75) is 33.1 Å². The van der Waals surface area contributed by atoms with Crippen LogP contribution in [0.3, 0.4) is 0 Å². The van der Waals surface area contributed by atoms with Crippen LogP contribution in [0.25, 0.3) is 16.7 Å². The summed E-state index contributed by atoms with van der Waals surface area (Å²) >= 11 is 0. The molecule has 0 spiro atoms. The number of benzene rings is 1. The molecule has 0 saturated carbocycles. The molecule has 2 aromatic heterocycles. The number of nitrogens with zero attached hydrogens (tertiary/aromatic N) is 3. The Hall–Kier alpha value is -2.69. The molecule has 0 fully saturated rings. The highest BCUT2D eigenvalue weighted by atomic mass is 16.1. The zero-order valence-electron chi connectivity index (χ0n) is 13.4. The van der Waals surface area contributed by atoms with E-state index in [0.717, 1.165) is 28.1 Å².